The van der Waals surface area contributed by atoms with Gasteiger partial charge in [0.05, 0.1) is 18.2 Å². The molecule has 0 aliphatic heterocycles. The minimum atomic E-state index is 0.410. The van der Waals surface area contributed by atoms with Crippen LogP contribution in [0.3, 0.4) is 0 Å². The standard InChI is InChI=1S/C17H14N6/c18-7-3-9-21-16-12-15(13-5-10-19-11-6-13)22-17(23-16)14-4-1-2-8-20-14/h1-2,4-6,8,10-12H,3,9H2,(H,21,22,23). The molecular formula is C17H14N6. The van der Waals surface area contributed by atoms with Crippen molar-refractivity contribution in [2.45, 2.75) is 6.42 Å². The van der Waals surface area contributed by atoms with Gasteiger partial charge in [0.1, 0.15) is 11.5 Å². The topological polar surface area (TPSA) is 87.4 Å². The van der Waals surface area contributed by atoms with Crippen LogP contribution in [-0.4, -0.2) is 26.5 Å². The lowest BCUT2D eigenvalue weighted by molar-refractivity contribution is 1.04. The second kappa shape index (κ2) is 7.09. The minimum absolute atomic E-state index is 0.410. The molecule has 0 unspecified atom stereocenters. The molecule has 0 fully saturated rings. The van der Waals surface area contributed by atoms with E-state index in [1.54, 1.807) is 18.6 Å². The smallest absolute Gasteiger partial charge is 0.180 e. The minimum Gasteiger partial charge on any atom is -0.369 e. The molecule has 0 saturated heterocycles. The molecule has 0 radical (unpaired) electrons. The van der Waals surface area contributed by atoms with Crippen molar-refractivity contribution in [1.29, 1.82) is 5.26 Å². The van der Waals surface area contributed by atoms with Crippen LogP contribution in [0.4, 0.5) is 5.82 Å². The Balaban J connectivity index is 2.02. The van der Waals surface area contributed by atoms with Gasteiger partial charge >= 0.3 is 0 Å². The number of hydrogen-bond acceptors (Lipinski definition) is 6. The van der Waals surface area contributed by atoms with Gasteiger partial charge in [0.25, 0.3) is 0 Å². The second-order valence-corrected chi connectivity index (χ2v) is 4.75. The maximum Gasteiger partial charge on any atom is 0.180 e. The number of anilines is 1. The first kappa shape index (κ1) is 14.6. The van der Waals surface area contributed by atoms with E-state index in [2.05, 4.69) is 31.3 Å². The molecule has 3 aromatic heterocycles. The molecular weight excluding hydrogens is 288 g/mol. The first-order valence-electron chi connectivity index (χ1n) is 7.18. The first-order chi connectivity index (χ1) is 11.4. The van der Waals surface area contributed by atoms with E-state index in [0.29, 0.717) is 30.3 Å². The number of pyridine rings is 2. The molecule has 23 heavy (non-hydrogen) atoms. The number of hydrogen-bond donors (Lipinski definition) is 1. The van der Waals surface area contributed by atoms with Crippen molar-refractivity contribution in [3.8, 4) is 28.8 Å². The Morgan fingerprint density at radius 3 is 2.61 bits per heavy atom. The third kappa shape index (κ3) is 3.66. The highest BCUT2D eigenvalue weighted by molar-refractivity contribution is 5.65. The summed E-state index contributed by atoms with van der Waals surface area (Å²) in [6, 6.07) is 13.4. The van der Waals surface area contributed by atoms with Crippen LogP contribution in [0.15, 0.2) is 55.0 Å². The summed E-state index contributed by atoms with van der Waals surface area (Å²) in [6.45, 7) is 0.533. The van der Waals surface area contributed by atoms with Gasteiger partial charge in [-0.15, -0.1) is 0 Å². The predicted octanol–water partition coefficient (Wildman–Crippen LogP) is 2.93. The zero-order valence-corrected chi connectivity index (χ0v) is 12.3. The number of nitrogens with one attached hydrogen (secondary N) is 1. The quantitative estimate of drug-likeness (QED) is 0.729. The second-order valence-electron chi connectivity index (χ2n) is 4.75. The number of nitriles is 1. The molecule has 0 atom stereocenters. The summed E-state index contributed by atoms with van der Waals surface area (Å²) < 4.78 is 0. The Hall–Kier alpha value is -3.33. The highest BCUT2D eigenvalue weighted by Gasteiger charge is 2.09. The summed E-state index contributed by atoms with van der Waals surface area (Å²) >= 11 is 0. The van der Waals surface area contributed by atoms with Gasteiger partial charge in [-0.2, -0.15) is 5.26 Å². The molecule has 0 aliphatic carbocycles. The SMILES string of the molecule is N#CCCNc1cc(-c2ccncc2)nc(-c2ccccn2)n1. The van der Waals surface area contributed by atoms with Gasteiger partial charge in [0.2, 0.25) is 0 Å². The Labute approximate surface area is 133 Å². The first-order valence-corrected chi connectivity index (χ1v) is 7.18. The largest absolute Gasteiger partial charge is 0.369 e. The maximum absolute atomic E-state index is 8.67. The Morgan fingerprint density at radius 2 is 1.87 bits per heavy atom. The molecule has 6 heteroatoms. The van der Waals surface area contributed by atoms with Crippen molar-refractivity contribution < 1.29 is 0 Å². The van der Waals surface area contributed by atoms with Gasteiger partial charge in [-0.3, -0.25) is 9.97 Å². The highest BCUT2D eigenvalue weighted by Crippen LogP contribution is 2.22. The Bertz CT molecular complexity index is 754. The molecule has 0 amide bonds. The van der Waals surface area contributed by atoms with Crippen LogP contribution in [0.25, 0.3) is 22.8 Å². The fourth-order valence-corrected chi connectivity index (χ4v) is 2.06. The average molecular weight is 302 g/mol. The number of aromatic nitrogens is 4. The molecule has 0 spiro atoms. The summed E-state index contributed by atoms with van der Waals surface area (Å²) in [5, 5.41) is 11.8. The van der Waals surface area contributed by atoms with Crippen LogP contribution in [-0.2, 0) is 0 Å². The van der Waals surface area contributed by atoms with Crippen LogP contribution < -0.4 is 5.32 Å². The monoisotopic (exact) mass is 302 g/mol. The van der Waals surface area contributed by atoms with Crippen LogP contribution in [0.2, 0.25) is 0 Å². The van der Waals surface area contributed by atoms with E-state index in [9.17, 15) is 0 Å². The lowest BCUT2D eigenvalue weighted by Crippen LogP contribution is -2.05. The molecule has 3 rings (SSSR count). The summed E-state index contributed by atoms with van der Waals surface area (Å²) in [4.78, 5) is 17.4. The summed E-state index contributed by atoms with van der Waals surface area (Å²) in [5.41, 5.74) is 2.43. The van der Waals surface area contributed by atoms with E-state index in [-0.39, 0.29) is 0 Å². The maximum atomic E-state index is 8.67. The van der Waals surface area contributed by atoms with Crippen molar-refractivity contribution in [3.05, 3.63) is 55.0 Å². The third-order valence-electron chi connectivity index (χ3n) is 3.14. The Kier molecular flexibility index (Phi) is 4.50. The molecule has 3 aromatic rings. The van der Waals surface area contributed by atoms with Gasteiger partial charge in [0, 0.05) is 36.8 Å². The molecule has 3 heterocycles. The predicted molar refractivity (Wildman–Crippen MR) is 87.2 cm³/mol. The van der Waals surface area contributed by atoms with E-state index < -0.39 is 0 Å². The van der Waals surface area contributed by atoms with Crippen molar-refractivity contribution in [2.24, 2.45) is 0 Å². The summed E-state index contributed by atoms with van der Waals surface area (Å²) in [6.07, 6.45) is 5.56. The van der Waals surface area contributed by atoms with Gasteiger partial charge in [0.15, 0.2) is 5.82 Å². The lowest BCUT2D eigenvalue weighted by atomic mass is 10.2. The third-order valence-corrected chi connectivity index (χ3v) is 3.14. The molecule has 0 saturated carbocycles. The number of rotatable bonds is 5. The van der Waals surface area contributed by atoms with Crippen LogP contribution in [0.5, 0.6) is 0 Å². The van der Waals surface area contributed by atoms with Crippen molar-refractivity contribution in [2.75, 3.05) is 11.9 Å². The molecule has 1 N–H and O–H groups in total. The van der Waals surface area contributed by atoms with E-state index in [1.165, 1.54) is 0 Å². The summed E-state index contributed by atoms with van der Waals surface area (Å²) in [7, 11) is 0. The van der Waals surface area contributed by atoms with E-state index in [0.717, 1.165) is 11.3 Å². The van der Waals surface area contributed by atoms with Gasteiger partial charge in [-0.25, -0.2) is 9.97 Å². The lowest BCUT2D eigenvalue weighted by Gasteiger charge is -2.09. The normalized spacial score (nSPS) is 10.0. The number of nitrogens with zero attached hydrogens (tertiary/aromatic N) is 5. The fraction of sp³-hybridized carbons (Fsp3) is 0.118. The van der Waals surface area contributed by atoms with Gasteiger partial charge < -0.3 is 5.32 Å². The van der Waals surface area contributed by atoms with Gasteiger partial charge in [-0.05, 0) is 24.3 Å². The molecule has 0 aromatic carbocycles. The van der Waals surface area contributed by atoms with E-state index >= 15 is 0 Å². The van der Waals surface area contributed by atoms with E-state index in [1.807, 2.05) is 36.4 Å². The van der Waals surface area contributed by atoms with Crippen molar-refractivity contribution >= 4 is 5.82 Å². The summed E-state index contributed by atoms with van der Waals surface area (Å²) in [5.74, 6) is 1.21. The zero-order chi connectivity index (χ0) is 15.9. The molecule has 0 aliphatic rings. The van der Waals surface area contributed by atoms with Crippen LogP contribution >= 0.6 is 0 Å². The molecule has 0 bridgehead atoms. The average Bonchev–Trinajstić information content (AvgIpc) is 2.63. The van der Waals surface area contributed by atoms with Crippen LogP contribution in [0.1, 0.15) is 6.42 Å². The zero-order valence-electron chi connectivity index (χ0n) is 12.3. The Morgan fingerprint density at radius 1 is 1.00 bits per heavy atom. The highest BCUT2D eigenvalue weighted by atomic mass is 15.0. The van der Waals surface area contributed by atoms with Crippen LogP contribution in [0, 0.1) is 11.3 Å². The van der Waals surface area contributed by atoms with Crippen molar-refractivity contribution in [3.63, 3.8) is 0 Å². The van der Waals surface area contributed by atoms with Crippen molar-refractivity contribution in [1.82, 2.24) is 19.9 Å². The van der Waals surface area contributed by atoms with Gasteiger partial charge in [-0.1, -0.05) is 6.07 Å². The fourth-order valence-electron chi connectivity index (χ4n) is 2.06. The van der Waals surface area contributed by atoms with E-state index in [4.69, 9.17) is 5.26 Å². The molecule has 112 valence electrons. The molecule has 6 nitrogen and oxygen atoms in total.